The summed E-state index contributed by atoms with van der Waals surface area (Å²) in [6.45, 7) is 14.3. The molecule has 0 spiro atoms. The Labute approximate surface area is 97.8 Å². The van der Waals surface area contributed by atoms with Gasteiger partial charge in [0.1, 0.15) is 0 Å². The van der Waals surface area contributed by atoms with E-state index in [1.807, 2.05) is 0 Å². The molecule has 0 aromatic rings. The minimum absolute atomic E-state index is 0.557. The van der Waals surface area contributed by atoms with E-state index in [0.29, 0.717) is 10.8 Å². The molecular weight excluding hydrogens is 180 g/mol. The van der Waals surface area contributed by atoms with Crippen molar-refractivity contribution in [2.75, 3.05) is 0 Å². The largest absolute Gasteiger partial charge is 0.0654 e. The average molecular weight is 212 g/mol. The van der Waals surface area contributed by atoms with Crippen molar-refractivity contribution in [3.05, 3.63) is 0 Å². The Kier molecular flexibility index (Phi) is 6.55. The summed E-state index contributed by atoms with van der Waals surface area (Å²) in [6.07, 6.45) is 9.57. The van der Waals surface area contributed by atoms with Crippen molar-refractivity contribution < 1.29 is 0 Å². The summed E-state index contributed by atoms with van der Waals surface area (Å²) in [5.74, 6) is 0. The fourth-order valence-electron chi connectivity index (χ4n) is 2.02. The van der Waals surface area contributed by atoms with Gasteiger partial charge in [-0.2, -0.15) is 0 Å². The van der Waals surface area contributed by atoms with Gasteiger partial charge in [0.25, 0.3) is 0 Å². The third kappa shape index (κ3) is 6.22. The van der Waals surface area contributed by atoms with Crippen LogP contribution >= 0.6 is 0 Å². The van der Waals surface area contributed by atoms with Crippen LogP contribution < -0.4 is 0 Å². The predicted molar refractivity (Wildman–Crippen MR) is 71.2 cm³/mol. The molecule has 0 aliphatic carbocycles. The van der Waals surface area contributed by atoms with Gasteiger partial charge >= 0.3 is 0 Å². The second-order valence-electron chi connectivity index (χ2n) is 6.29. The van der Waals surface area contributed by atoms with Crippen LogP contribution in [-0.4, -0.2) is 0 Å². The van der Waals surface area contributed by atoms with Gasteiger partial charge < -0.3 is 0 Å². The molecule has 0 aromatic heterocycles. The highest BCUT2D eigenvalue weighted by Crippen LogP contribution is 2.38. The molecule has 0 aliphatic rings. The molecule has 0 fully saturated rings. The molecule has 0 amide bonds. The van der Waals surface area contributed by atoms with Crippen molar-refractivity contribution >= 4 is 0 Å². The average Bonchev–Trinajstić information content (AvgIpc) is 2.23. The maximum atomic E-state index is 2.45. The summed E-state index contributed by atoms with van der Waals surface area (Å²) < 4.78 is 0. The highest BCUT2D eigenvalue weighted by molar-refractivity contribution is 4.76. The van der Waals surface area contributed by atoms with Gasteiger partial charge in [0, 0.05) is 0 Å². The Bertz CT molecular complexity index is 151. The standard InChI is InChI=1S/C15H32/c1-7-10-11-14(4,5)12-13-15(6,8-2)9-3/h7-13H2,1-6H3. The monoisotopic (exact) mass is 212 g/mol. The molecule has 0 unspecified atom stereocenters. The molecule has 0 aliphatic heterocycles. The van der Waals surface area contributed by atoms with Gasteiger partial charge in [-0.3, -0.25) is 0 Å². The van der Waals surface area contributed by atoms with Gasteiger partial charge in [0.15, 0.2) is 0 Å². The molecule has 0 heterocycles. The van der Waals surface area contributed by atoms with Gasteiger partial charge in [-0.15, -0.1) is 0 Å². The number of hydrogen-bond acceptors (Lipinski definition) is 0. The fraction of sp³-hybridized carbons (Fsp3) is 1.00. The van der Waals surface area contributed by atoms with Crippen LogP contribution in [0.15, 0.2) is 0 Å². The number of unbranched alkanes of at least 4 members (excludes halogenated alkanes) is 1. The van der Waals surface area contributed by atoms with E-state index in [2.05, 4.69) is 41.5 Å². The topological polar surface area (TPSA) is 0 Å². The van der Waals surface area contributed by atoms with E-state index in [-0.39, 0.29) is 0 Å². The summed E-state index contributed by atoms with van der Waals surface area (Å²) in [6, 6.07) is 0. The van der Waals surface area contributed by atoms with Crippen molar-refractivity contribution in [3.8, 4) is 0 Å². The molecule has 0 bridgehead atoms. The maximum absolute atomic E-state index is 2.45. The lowest BCUT2D eigenvalue weighted by Crippen LogP contribution is -2.19. The zero-order valence-electron chi connectivity index (χ0n) is 11.9. The van der Waals surface area contributed by atoms with Crippen LogP contribution in [0.5, 0.6) is 0 Å². The Morgan fingerprint density at radius 2 is 1.27 bits per heavy atom. The fourth-order valence-corrected chi connectivity index (χ4v) is 2.02. The van der Waals surface area contributed by atoms with Gasteiger partial charge in [-0.25, -0.2) is 0 Å². The summed E-state index contributed by atoms with van der Waals surface area (Å²) in [5, 5.41) is 0. The van der Waals surface area contributed by atoms with Crippen LogP contribution in [-0.2, 0) is 0 Å². The first kappa shape index (κ1) is 15.0. The highest BCUT2D eigenvalue weighted by Gasteiger charge is 2.24. The smallest absolute Gasteiger partial charge is 0.0331 e. The lowest BCUT2D eigenvalue weighted by molar-refractivity contribution is 0.197. The summed E-state index contributed by atoms with van der Waals surface area (Å²) >= 11 is 0. The van der Waals surface area contributed by atoms with Crippen LogP contribution in [0.4, 0.5) is 0 Å². The number of rotatable bonds is 8. The van der Waals surface area contributed by atoms with Gasteiger partial charge in [0.05, 0.1) is 0 Å². The van der Waals surface area contributed by atoms with Crippen molar-refractivity contribution in [3.63, 3.8) is 0 Å². The molecule has 15 heavy (non-hydrogen) atoms. The van der Waals surface area contributed by atoms with E-state index >= 15 is 0 Å². The second kappa shape index (κ2) is 6.55. The van der Waals surface area contributed by atoms with Gasteiger partial charge in [-0.05, 0) is 30.1 Å². The molecular formula is C15H32. The minimum Gasteiger partial charge on any atom is -0.0654 e. The van der Waals surface area contributed by atoms with E-state index in [1.165, 1.54) is 44.9 Å². The predicted octanol–water partition coefficient (Wildman–Crippen LogP) is 5.81. The molecule has 0 heteroatoms. The second-order valence-corrected chi connectivity index (χ2v) is 6.29. The van der Waals surface area contributed by atoms with E-state index in [1.54, 1.807) is 0 Å². The summed E-state index contributed by atoms with van der Waals surface area (Å²) in [4.78, 5) is 0. The summed E-state index contributed by atoms with van der Waals surface area (Å²) in [5.41, 5.74) is 1.14. The first-order valence-electron chi connectivity index (χ1n) is 6.89. The zero-order chi connectivity index (χ0) is 11.9. The normalized spacial score (nSPS) is 13.2. The SMILES string of the molecule is CCCCC(C)(C)CCC(C)(CC)CC. The quantitative estimate of drug-likeness (QED) is 0.476. The lowest BCUT2D eigenvalue weighted by atomic mass is 9.73. The Morgan fingerprint density at radius 1 is 0.733 bits per heavy atom. The van der Waals surface area contributed by atoms with Crippen LogP contribution in [0.3, 0.4) is 0 Å². The van der Waals surface area contributed by atoms with E-state index in [0.717, 1.165) is 0 Å². The van der Waals surface area contributed by atoms with Gasteiger partial charge in [-0.1, -0.05) is 67.2 Å². The lowest BCUT2D eigenvalue weighted by Gasteiger charge is -2.32. The molecule has 0 atom stereocenters. The molecule has 0 aromatic carbocycles. The third-order valence-electron chi connectivity index (χ3n) is 4.32. The van der Waals surface area contributed by atoms with E-state index in [9.17, 15) is 0 Å². The first-order valence-corrected chi connectivity index (χ1v) is 6.89. The first-order chi connectivity index (χ1) is 6.89. The zero-order valence-corrected chi connectivity index (χ0v) is 11.9. The Balaban J connectivity index is 4.00. The van der Waals surface area contributed by atoms with Crippen LogP contribution in [0.1, 0.15) is 86.5 Å². The third-order valence-corrected chi connectivity index (χ3v) is 4.32. The van der Waals surface area contributed by atoms with Crippen LogP contribution in [0, 0.1) is 10.8 Å². The van der Waals surface area contributed by atoms with Crippen molar-refractivity contribution in [1.29, 1.82) is 0 Å². The van der Waals surface area contributed by atoms with E-state index in [4.69, 9.17) is 0 Å². The molecule has 0 N–H and O–H groups in total. The molecule has 92 valence electrons. The molecule has 0 saturated carbocycles. The van der Waals surface area contributed by atoms with Crippen LogP contribution in [0.2, 0.25) is 0 Å². The molecule has 0 rings (SSSR count). The Morgan fingerprint density at radius 3 is 1.67 bits per heavy atom. The highest BCUT2D eigenvalue weighted by atomic mass is 14.3. The van der Waals surface area contributed by atoms with E-state index < -0.39 is 0 Å². The molecule has 0 nitrogen and oxygen atoms in total. The van der Waals surface area contributed by atoms with Crippen LogP contribution in [0.25, 0.3) is 0 Å². The minimum atomic E-state index is 0.557. The summed E-state index contributed by atoms with van der Waals surface area (Å²) in [7, 11) is 0. The van der Waals surface area contributed by atoms with Crippen molar-refractivity contribution in [2.45, 2.75) is 86.5 Å². The maximum Gasteiger partial charge on any atom is -0.0331 e. The van der Waals surface area contributed by atoms with Crippen molar-refractivity contribution in [1.82, 2.24) is 0 Å². The molecule has 0 radical (unpaired) electrons. The Hall–Kier alpha value is 0. The number of hydrogen-bond donors (Lipinski definition) is 0. The van der Waals surface area contributed by atoms with Crippen molar-refractivity contribution in [2.24, 2.45) is 10.8 Å². The van der Waals surface area contributed by atoms with Gasteiger partial charge in [0.2, 0.25) is 0 Å². The molecule has 0 saturated heterocycles.